The standard InChI is InChI=1S/C19H16F3N5O4/c1-10-7-13(16(29)19(20,21)22)15(28)14(8-10)23-18(30)17-24-25-26-27(17)9-11-3-5-12(31-2)6-4-11/h3-8,28H,9H2,1-2H3,(H,23,30). The third-order valence-corrected chi connectivity index (χ3v) is 4.23. The summed E-state index contributed by atoms with van der Waals surface area (Å²) in [6.45, 7) is 1.54. The second-order valence-corrected chi connectivity index (χ2v) is 6.50. The lowest BCUT2D eigenvalue weighted by molar-refractivity contribution is -0.0886. The number of Topliss-reactive ketones (excluding diaryl/α,β-unsaturated/α-hetero) is 1. The summed E-state index contributed by atoms with van der Waals surface area (Å²) in [5.74, 6) is -3.73. The van der Waals surface area contributed by atoms with E-state index in [2.05, 4.69) is 20.8 Å². The molecule has 0 atom stereocenters. The molecular weight excluding hydrogens is 419 g/mol. The van der Waals surface area contributed by atoms with Crippen LogP contribution >= 0.6 is 0 Å². The van der Waals surface area contributed by atoms with E-state index in [0.717, 1.165) is 11.6 Å². The highest BCUT2D eigenvalue weighted by atomic mass is 19.4. The van der Waals surface area contributed by atoms with Crippen molar-refractivity contribution in [3.05, 3.63) is 58.9 Å². The molecule has 12 heteroatoms. The molecule has 0 saturated heterocycles. The Morgan fingerprint density at radius 2 is 1.87 bits per heavy atom. The van der Waals surface area contributed by atoms with Gasteiger partial charge in [-0.15, -0.1) is 5.10 Å². The summed E-state index contributed by atoms with van der Waals surface area (Å²) >= 11 is 0. The van der Waals surface area contributed by atoms with Crippen molar-refractivity contribution in [1.29, 1.82) is 0 Å². The Morgan fingerprint density at radius 1 is 1.19 bits per heavy atom. The van der Waals surface area contributed by atoms with Crippen LogP contribution in [0.4, 0.5) is 18.9 Å². The van der Waals surface area contributed by atoms with Crippen molar-refractivity contribution in [3.63, 3.8) is 0 Å². The zero-order valence-electron chi connectivity index (χ0n) is 16.3. The van der Waals surface area contributed by atoms with Crippen molar-refractivity contribution in [1.82, 2.24) is 20.2 Å². The molecule has 0 bridgehead atoms. The van der Waals surface area contributed by atoms with Gasteiger partial charge in [0.2, 0.25) is 5.82 Å². The number of nitrogens with one attached hydrogen (secondary N) is 1. The quantitative estimate of drug-likeness (QED) is 0.451. The van der Waals surface area contributed by atoms with Gasteiger partial charge in [0.25, 0.3) is 11.7 Å². The van der Waals surface area contributed by atoms with E-state index >= 15 is 0 Å². The van der Waals surface area contributed by atoms with Crippen molar-refractivity contribution in [2.75, 3.05) is 12.4 Å². The van der Waals surface area contributed by atoms with Crippen LogP contribution in [0, 0.1) is 6.92 Å². The van der Waals surface area contributed by atoms with Gasteiger partial charge in [0, 0.05) is 0 Å². The van der Waals surface area contributed by atoms with E-state index in [1.54, 1.807) is 24.3 Å². The Bertz CT molecular complexity index is 1130. The van der Waals surface area contributed by atoms with E-state index in [0.29, 0.717) is 5.75 Å². The van der Waals surface area contributed by atoms with Crippen LogP contribution in [-0.2, 0) is 6.54 Å². The first kappa shape index (κ1) is 21.7. The number of rotatable bonds is 6. The van der Waals surface area contributed by atoms with Crippen LogP contribution in [0.15, 0.2) is 36.4 Å². The number of carbonyl (C=O) groups is 2. The van der Waals surface area contributed by atoms with Crippen LogP contribution in [0.5, 0.6) is 11.5 Å². The normalized spacial score (nSPS) is 11.3. The molecule has 1 amide bonds. The summed E-state index contributed by atoms with van der Waals surface area (Å²) in [5.41, 5.74) is -0.380. The third-order valence-electron chi connectivity index (χ3n) is 4.23. The molecule has 0 aliphatic carbocycles. The summed E-state index contributed by atoms with van der Waals surface area (Å²) in [7, 11) is 1.52. The Morgan fingerprint density at radius 3 is 2.48 bits per heavy atom. The van der Waals surface area contributed by atoms with Crippen LogP contribution in [-0.4, -0.2) is 50.3 Å². The minimum atomic E-state index is -5.19. The lowest BCUT2D eigenvalue weighted by atomic mass is 10.0. The molecule has 0 spiro atoms. The number of carbonyl (C=O) groups excluding carboxylic acids is 2. The number of aryl methyl sites for hydroxylation is 1. The molecule has 0 radical (unpaired) electrons. The summed E-state index contributed by atoms with van der Waals surface area (Å²) in [6, 6.07) is 9.01. The lowest BCUT2D eigenvalue weighted by Crippen LogP contribution is -2.24. The molecule has 162 valence electrons. The minimum Gasteiger partial charge on any atom is -0.505 e. The molecule has 0 fully saturated rings. The number of tetrazole rings is 1. The van der Waals surface area contributed by atoms with Gasteiger partial charge in [-0.25, -0.2) is 4.68 Å². The van der Waals surface area contributed by atoms with Gasteiger partial charge in [0.05, 0.1) is 24.9 Å². The topological polar surface area (TPSA) is 119 Å². The zero-order chi connectivity index (χ0) is 22.8. The molecule has 1 heterocycles. The fraction of sp³-hybridized carbons (Fsp3) is 0.211. The van der Waals surface area contributed by atoms with Crippen molar-refractivity contribution in [3.8, 4) is 11.5 Å². The molecule has 31 heavy (non-hydrogen) atoms. The Hall–Kier alpha value is -3.96. The number of aromatic nitrogens is 4. The van der Waals surface area contributed by atoms with E-state index in [-0.39, 0.29) is 23.6 Å². The number of hydrogen-bond donors (Lipinski definition) is 2. The van der Waals surface area contributed by atoms with Crippen LogP contribution in [0.25, 0.3) is 0 Å². The maximum absolute atomic E-state index is 12.8. The molecule has 0 aliphatic rings. The second kappa shape index (κ2) is 8.42. The minimum absolute atomic E-state index is 0.122. The molecule has 0 unspecified atom stereocenters. The van der Waals surface area contributed by atoms with Gasteiger partial charge in [0.15, 0.2) is 0 Å². The van der Waals surface area contributed by atoms with E-state index in [1.165, 1.54) is 24.8 Å². The molecule has 9 nitrogen and oxygen atoms in total. The number of ether oxygens (including phenoxy) is 1. The van der Waals surface area contributed by atoms with Gasteiger partial charge in [-0.1, -0.05) is 12.1 Å². The van der Waals surface area contributed by atoms with Gasteiger partial charge in [-0.2, -0.15) is 13.2 Å². The number of aromatic hydroxyl groups is 1. The number of hydrogen-bond acceptors (Lipinski definition) is 7. The lowest BCUT2D eigenvalue weighted by Gasteiger charge is -2.13. The average molecular weight is 435 g/mol. The summed E-state index contributed by atoms with van der Waals surface area (Å²) < 4.78 is 44.6. The fourth-order valence-corrected chi connectivity index (χ4v) is 2.76. The number of halogens is 3. The van der Waals surface area contributed by atoms with Crippen molar-refractivity contribution in [2.24, 2.45) is 0 Å². The van der Waals surface area contributed by atoms with E-state index in [1.807, 2.05) is 0 Å². The van der Waals surface area contributed by atoms with E-state index in [9.17, 15) is 27.9 Å². The highest BCUT2D eigenvalue weighted by molar-refractivity contribution is 6.07. The predicted molar refractivity (Wildman–Crippen MR) is 101 cm³/mol. The molecule has 0 saturated carbocycles. The van der Waals surface area contributed by atoms with Crippen LogP contribution in [0.2, 0.25) is 0 Å². The number of ketones is 1. The third kappa shape index (κ3) is 4.79. The molecule has 1 aromatic heterocycles. The average Bonchev–Trinajstić information content (AvgIpc) is 3.18. The van der Waals surface area contributed by atoms with Crippen molar-refractivity contribution < 1.29 is 32.6 Å². The van der Waals surface area contributed by atoms with E-state index < -0.39 is 29.2 Å². The Labute approximate surface area is 173 Å². The van der Waals surface area contributed by atoms with Crippen LogP contribution in [0.1, 0.15) is 32.1 Å². The van der Waals surface area contributed by atoms with Crippen molar-refractivity contribution >= 4 is 17.4 Å². The van der Waals surface area contributed by atoms with Gasteiger partial charge < -0.3 is 15.2 Å². The van der Waals surface area contributed by atoms with Crippen molar-refractivity contribution in [2.45, 2.75) is 19.6 Å². The maximum atomic E-state index is 12.8. The highest BCUT2D eigenvalue weighted by Gasteiger charge is 2.41. The Balaban J connectivity index is 1.85. The highest BCUT2D eigenvalue weighted by Crippen LogP contribution is 2.34. The summed E-state index contributed by atoms with van der Waals surface area (Å²) in [5, 5.41) is 23.2. The molecular formula is C19H16F3N5O4. The van der Waals surface area contributed by atoms with Gasteiger partial charge in [-0.05, 0) is 52.7 Å². The van der Waals surface area contributed by atoms with Crippen LogP contribution < -0.4 is 10.1 Å². The number of alkyl halides is 3. The smallest absolute Gasteiger partial charge is 0.455 e. The first-order chi connectivity index (χ1) is 14.6. The van der Waals surface area contributed by atoms with Gasteiger partial charge in [-0.3, -0.25) is 9.59 Å². The van der Waals surface area contributed by atoms with E-state index in [4.69, 9.17) is 4.74 Å². The van der Waals surface area contributed by atoms with Gasteiger partial charge >= 0.3 is 6.18 Å². The van der Waals surface area contributed by atoms with Crippen LogP contribution in [0.3, 0.4) is 0 Å². The fourth-order valence-electron chi connectivity index (χ4n) is 2.76. The Kier molecular flexibility index (Phi) is 5.90. The number of phenolic OH excluding ortho intramolecular Hbond substituents is 1. The van der Waals surface area contributed by atoms with Gasteiger partial charge in [0.1, 0.15) is 11.5 Å². The molecule has 3 aromatic rings. The second-order valence-electron chi connectivity index (χ2n) is 6.50. The number of anilines is 1. The molecule has 2 aromatic carbocycles. The predicted octanol–water partition coefficient (Wildman–Crippen LogP) is 2.74. The number of benzene rings is 2. The summed E-state index contributed by atoms with van der Waals surface area (Å²) in [4.78, 5) is 24.2. The summed E-state index contributed by atoms with van der Waals surface area (Å²) in [6.07, 6.45) is -5.19. The molecule has 3 rings (SSSR count). The molecule has 2 N–H and O–H groups in total. The number of amides is 1. The first-order valence-corrected chi connectivity index (χ1v) is 8.75. The number of methoxy groups -OCH3 is 1. The zero-order valence-corrected chi connectivity index (χ0v) is 16.3. The maximum Gasteiger partial charge on any atom is 0.455 e. The first-order valence-electron chi connectivity index (χ1n) is 8.75. The largest absolute Gasteiger partial charge is 0.505 e. The number of nitrogens with zero attached hydrogens (tertiary/aromatic N) is 4. The monoisotopic (exact) mass is 435 g/mol. The molecule has 0 aliphatic heterocycles. The SMILES string of the molecule is COc1ccc(Cn2nnnc2C(=O)Nc2cc(C)cc(C(=O)C(F)(F)F)c2O)cc1. The number of phenols is 1.